The van der Waals surface area contributed by atoms with Crippen molar-refractivity contribution >= 4 is 28.6 Å². The number of carbonyl (C=O) groups is 1. The number of hydrogen-bond donors (Lipinski definition) is 1. The SMILES string of the molecule is Cc1cc(-c2csc(CC(=O)NCc3ccccc3)n2)c(C)n1-c1nccs1. The maximum atomic E-state index is 12.3. The van der Waals surface area contributed by atoms with E-state index in [0.29, 0.717) is 13.0 Å². The summed E-state index contributed by atoms with van der Waals surface area (Å²) in [6, 6.07) is 12.0. The Kier molecular flexibility index (Phi) is 5.36. The zero-order chi connectivity index (χ0) is 19.5. The summed E-state index contributed by atoms with van der Waals surface area (Å²) in [5, 5.41) is 8.73. The van der Waals surface area contributed by atoms with E-state index in [-0.39, 0.29) is 5.91 Å². The van der Waals surface area contributed by atoms with Crippen LogP contribution in [0.15, 0.2) is 53.4 Å². The van der Waals surface area contributed by atoms with Crippen molar-refractivity contribution in [3.05, 3.63) is 75.3 Å². The first-order chi connectivity index (χ1) is 13.6. The molecule has 0 aliphatic rings. The smallest absolute Gasteiger partial charge is 0.227 e. The van der Waals surface area contributed by atoms with Gasteiger partial charge in [0.25, 0.3) is 0 Å². The van der Waals surface area contributed by atoms with Gasteiger partial charge in [0.15, 0.2) is 5.13 Å². The van der Waals surface area contributed by atoms with Gasteiger partial charge in [-0.3, -0.25) is 9.36 Å². The zero-order valence-electron chi connectivity index (χ0n) is 15.7. The van der Waals surface area contributed by atoms with Crippen LogP contribution in [0.25, 0.3) is 16.4 Å². The largest absolute Gasteiger partial charge is 0.352 e. The van der Waals surface area contributed by atoms with Crippen molar-refractivity contribution in [2.45, 2.75) is 26.8 Å². The van der Waals surface area contributed by atoms with Crippen molar-refractivity contribution in [3.8, 4) is 16.4 Å². The van der Waals surface area contributed by atoms with Gasteiger partial charge in [0, 0.05) is 40.5 Å². The second-order valence-electron chi connectivity index (χ2n) is 6.50. The number of amides is 1. The lowest BCUT2D eigenvalue weighted by Crippen LogP contribution is -2.24. The molecule has 0 bridgehead atoms. The second kappa shape index (κ2) is 8.08. The van der Waals surface area contributed by atoms with E-state index in [0.717, 1.165) is 38.3 Å². The van der Waals surface area contributed by atoms with E-state index in [4.69, 9.17) is 4.98 Å². The van der Waals surface area contributed by atoms with Gasteiger partial charge >= 0.3 is 0 Å². The van der Waals surface area contributed by atoms with Gasteiger partial charge in [0.2, 0.25) is 5.91 Å². The van der Waals surface area contributed by atoms with Crippen LogP contribution in [0.2, 0.25) is 0 Å². The molecule has 1 amide bonds. The molecule has 3 aromatic heterocycles. The van der Waals surface area contributed by atoms with Crippen LogP contribution < -0.4 is 5.32 Å². The van der Waals surface area contributed by atoms with E-state index < -0.39 is 0 Å². The van der Waals surface area contributed by atoms with Crippen LogP contribution in [-0.2, 0) is 17.8 Å². The molecule has 1 aromatic carbocycles. The Morgan fingerprint density at radius 1 is 1.18 bits per heavy atom. The average molecular weight is 409 g/mol. The van der Waals surface area contributed by atoms with Gasteiger partial charge in [-0.25, -0.2) is 9.97 Å². The van der Waals surface area contributed by atoms with Crippen LogP contribution in [0.4, 0.5) is 0 Å². The van der Waals surface area contributed by atoms with Gasteiger partial charge < -0.3 is 5.32 Å². The van der Waals surface area contributed by atoms with Crippen molar-refractivity contribution in [1.29, 1.82) is 0 Å². The van der Waals surface area contributed by atoms with Gasteiger partial charge in [0.05, 0.1) is 12.1 Å². The third-order valence-electron chi connectivity index (χ3n) is 4.51. The third kappa shape index (κ3) is 3.90. The quantitative estimate of drug-likeness (QED) is 0.510. The number of aryl methyl sites for hydroxylation is 1. The van der Waals surface area contributed by atoms with Gasteiger partial charge in [-0.2, -0.15) is 0 Å². The molecule has 4 aromatic rings. The molecule has 1 N–H and O–H groups in total. The maximum absolute atomic E-state index is 12.3. The number of nitrogens with zero attached hydrogens (tertiary/aromatic N) is 3. The van der Waals surface area contributed by atoms with Crippen LogP contribution >= 0.6 is 22.7 Å². The molecule has 4 rings (SSSR count). The topological polar surface area (TPSA) is 59.8 Å². The molecule has 0 aliphatic carbocycles. The molecule has 28 heavy (non-hydrogen) atoms. The standard InChI is InChI=1S/C21H20N4OS2/c1-14-10-17(15(2)25(14)21-22-8-9-27-21)18-13-28-20(24-18)11-19(26)23-12-16-6-4-3-5-7-16/h3-10,13H,11-12H2,1-2H3,(H,23,26). The van der Waals surface area contributed by atoms with Crippen molar-refractivity contribution in [3.63, 3.8) is 0 Å². The Hall–Kier alpha value is -2.77. The minimum atomic E-state index is -0.0157. The molecule has 0 atom stereocenters. The number of nitrogens with one attached hydrogen (secondary N) is 1. The summed E-state index contributed by atoms with van der Waals surface area (Å²) in [6.07, 6.45) is 2.11. The van der Waals surface area contributed by atoms with Crippen LogP contribution in [0.1, 0.15) is 22.0 Å². The van der Waals surface area contributed by atoms with E-state index in [9.17, 15) is 4.79 Å². The number of carbonyl (C=O) groups excluding carboxylic acids is 1. The van der Waals surface area contributed by atoms with E-state index in [1.54, 1.807) is 11.3 Å². The predicted octanol–water partition coefficient (Wildman–Crippen LogP) is 4.53. The highest BCUT2D eigenvalue weighted by atomic mass is 32.1. The Morgan fingerprint density at radius 2 is 2.00 bits per heavy atom. The van der Waals surface area contributed by atoms with Gasteiger partial charge in [0.1, 0.15) is 5.01 Å². The Labute approximate surface area is 171 Å². The van der Waals surface area contributed by atoms with Crippen molar-refractivity contribution in [1.82, 2.24) is 19.9 Å². The average Bonchev–Trinajstić information content (AvgIpc) is 3.42. The molecule has 0 unspecified atom stereocenters. The van der Waals surface area contributed by atoms with Crippen molar-refractivity contribution < 1.29 is 4.79 Å². The molecule has 0 saturated carbocycles. The fraction of sp³-hybridized carbons (Fsp3) is 0.190. The van der Waals surface area contributed by atoms with Gasteiger partial charge in [-0.1, -0.05) is 30.3 Å². The van der Waals surface area contributed by atoms with Crippen LogP contribution in [0.5, 0.6) is 0 Å². The van der Waals surface area contributed by atoms with Crippen molar-refractivity contribution in [2.75, 3.05) is 0 Å². The van der Waals surface area contributed by atoms with Crippen LogP contribution in [0.3, 0.4) is 0 Å². The maximum Gasteiger partial charge on any atom is 0.227 e. The Bertz CT molecular complexity index is 1080. The molecule has 0 saturated heterocycles. The van der Waals surface area contributed by atoms with E-state index in [1.807, 2.05) is 47.3 Å². The van der Waals surface area contributed by atoms with E-state index in [2.05, 4.69) is 34.8 Å². The van der Waals surface area contributed by atoms with Crippen molar-refractivity contribution in [2.24, 2.45) is 0 Å². The highest BCUT2D eigenvalue weighted by Gasteiger charge is 2.16. The Balaban J connectivity index is 1.46. The summed E-state index contributed by atoms with van der Waals surface area (Å²) in [5.41, 5.74) is 5.31. The molecule has 5 nitrogen and oxygen atoms in total. The lowest BCUT2D eigenvalue weighted by molar-refractivity contribution is -0.120. The minimum absolute atomic E-state index is 0.0157. The van der Waals surface area contributed by atoms with E-state index >= 15 is 0 Å². The first-order valence-electron chi connectivity index (χ1n) is 8.96. The second-order valence-corrected chi connectivity index (χ2v) is 8.32. The lowest BCUT2D eigenvalue weighted by atomic mass is 10.2. The van der Waals surface area contributed by atoms with Gasteiger partial charge in [-0.15, -0.1) is 22.7 Å². The number of aromatic nitrogens is 3. The first-order valence-corrected chi connectivity index (χ1v) is 10.7. The monoisotopic (exact) mass is 408 g/mol. The fourth-order valence-electron chi connectivity index (χ4n) is 3.15. The molecule has 0 radical (unpaired) electrons. The van der Waals surface area contributed by atoms with E-state index in [1.165, 1.54) is 11.3 Å². The first kappa shape index (κ1) is 18.6. The number of thiazole rings is 2. The zero-order valence-corrected chi connectivity index (χ0v) is 17.3. The minimum Gasteiger partial charge on any atom is -0.352 e. The molecular weight excluding hydrogens is 388 g/mol. The predicted molar refractivity (Wildman–Crippen MR) is 114 cm³/mol. The summed E-state index contributed by atoms with van der Waals surface area (Å²) >= 11 is 3.13. The number of hydrogen-bond acceptors (Lipinski definition) is 5. The molecule has 142 valence electrons. The summed E-state index contributed by atoms with van der Waals surface area (Å²) in [5.74, 6) is -0.0157. The molecule has 0 fully saturated rings. The normalized spacial score (nSPS) is 10.9. The highest BCUT2D eigenvalue weighted by molar-refractivity contribution is 7.12. The fourth-order valence-corrected chi connectivity index (χ4v) is 4.70. The number of rotatable bonds is 6. The van der Waals surface area contributed by atoms with Gasteiger partial charge in [-0.05, 0) is 25.5 Å². The molecule has 3 heterocycles. The third-order valence-corrected chi connectivity index (χ3v) is 6.12. The molecule has 0 aliphatic heterocycles. The number of benzene rings is 1. The molecule has 7 heteroatoms. The van der Waals surface area contributed by atoms with Crippen LogP contribution in [-0.4, -0.2) is 20.4 Å². The summed E-state index contributed by atoms with van der Waals surface area (Å²) in [4.78, 5) is 21.4. The molecule has 0 spiro atoms. The Morgan fingerprint density at radius 3 is 2.75 bits per heavy atom. The summed E-state index contributed by atoms with van der Waals surface area (Å²) < 4.78 is 2.14. The van der Waals surface area contributed by atoms with Crippen LogP contribution in [0, 0.1) is 13.8 Å². The molecular formula is C21H20N4OS2. The lowest BCUT2D eigenvalue weighted by Gasteiger charge is -2.05. The highest BCUT2D eigenvalue weighted by Crippen LogP contribution is 2.30. The summed E-state index contributed by atoms with van der Waals surface area (Å²) in [6.45, 7) is 4.68. The summed E-state index contributed by atoms with van der Waals surface area (Å²) in [7, 11) is 0.